The highest BCUT2D eigenvalue weighted by Gasteiger charge is 2.43. The Morgan fingerprint density at radius 3 is 2.37 bits per heavy atom. The van der Waals surface area contributed by atoms with Crippen molar-refractivity contribution in [1.29, 1.82) is 0 Å². The molecule has 2 aliphatic rings. The van der Waals surface area contributed by atoms with Gasteiger partial charge in [-0.2, -0.15) is 0 Å². The van der Waals surface area contributed by atoms with Crippen molar-refractivity contribution in [3.63, 3.8) is 0 Å². The molecule has 0 aromatic heterocycles. The Hall–Kier alpha value is -3.75. The van der Waals surface area contributed by atoms with E-state index >= 15 is 0 Å². The summed E-state index contributed by atoms with van der Waals surface area (Å²) in [7, 11) is 2.22. The minimum Gasteiger partial charge on any atom is -0.489 e. The van der Waals surface area contributed by atoms with Crippen LogP contribution in [0, 0.1) is 11.8 Å². The summed E-state index contributed by atoms with van der Waals surface area (Å²) >= 11 is 0. The Bertz CT molecular complexity index is 1310. The monoisotopic (exact) mass is 508 g/mol. The Morgan fingerprint density at radius 2 is 1.68 bits per heavy atom. The zero-order valence-corrected chi connectivity index (χ0v) is 22.3. The standard InChI is InChI=1S/C33H36N2O3/c1-3-6-28(21-32(36)37)27-13-15-29(16-14-27)38-23-26-11-9-25(10-12-26)22-35-19-17-33(18-20-35)24-34(2)31-8-5-4-7-30(31)33/h4-5,7-16,28H,17-24H2,1-2H3,(H,36,37)/t28-/m0/s1. The number of carbonyl (C=O) groups is 1. The first-order valence-corrected chi connectivity index (χ1v) is 13.4. The summed E-state index contributed by atoms with van der Waals surface area (Å²) in [5, 5.41) is 9.14. The number of para-hydroxylation sites is 1. The third-order valence-corrected chi connectivity index (χ3v) is 8.05. The van der Waals surface area contributed by atoms with Crippen LogP contribution in [0.25, 0.3) is 0 Å². The second kappa shape index (κ2) is 11.3. The van der Waals surface area contributed by atoms with Gasteiger partial charge in [0.1, 0.15) is 12.4 Å². The molecule has 38 heavy (non-hydrogen) atoms. The lowest BCUT2D eigenvalue weighted by Gasteiger charge is -2.40. The molecule has 0 amide bonds. The number of rotatable bonds is 8. The molecular formula is C33H36N2O3. The average Bonchev–Trinajstić information content (AvgIpc) is 3.20. The van der Waals surface area contributed by atoms with E-state index in [0.717, 1.165) is 43.1 Å². The summed E-state index contributed by atoms with van der Waals surface area (Å²) in [4.78, 5) is 16.1. The van der Waals surface area contributed by atoms with Crippen LogP contribution < -0.4 is 9.64 Å². The Kier molecular flexibility index (Phi) is 7.72. The molecule has 0 saturated carbocycles. The van der Waals surface area contributed by atoms with Gasteiger partial charge in [0.05, 0.1) is 12.3 Å². The molecule has 1 fully saturated rings. The number of ether oxygens (including phenoxy) is 1. The Morgan fingerprint density at radius 1 is 1.00 bits per heavy atom. The molecular weight excluding hydrogens is 472 g/mol. The van der Waals surface area contributed by atoms with E-state index in [0.29, 0.717) is 12.0 Å². The Balaban J connectivity index is 1.12. The van der Waals surface area contributed by atoms with Crippen LogP contribution in [0.15, 0.2) is 72.8 Å². The molecule has 1 atom stereocenters. The number of likely N-dealkylation sites (N-methyl/N-ethyl adjacent to an activating group) is 1. The molecule has 196 valence electrons. The molecule has 5 rings (SSSR count). The van der Waals surface area contributed by atoms with Gasteiger partial charge < -0.3 is 14.7 Å². The molecule has 0 radical (unpaired) electrons. The molecule has 1 N–H and O–H groups in total. The number of fused-ring (bicyclic) bond motifs is 2. The number of likely N-dealkylation sites (tertiary alicyclic amines) is 1. The van der Waals surface area contributed by atoms with Crippen LogP contribution in [0.4, 0.5) is 5.69 Å². The number of hydrogen-bond donors (Lipinski definition) is 1. The lowest BCUT2D eigenvalue weighted by atomic mass is 9.74. The van der Waals surface area contributed by atoms with E-state index in [9.17, 15) is 4.79 Å². The van der Waals surface area contributed by atoms with Gasteiger partial charge >= 0.3 is 5.97 Å². The van der Waals surface area contributed by atoms with Crippen LogP contribution >= 0.6 is 0 Å². The van der Waals surface area contributed by atoms with E-state index in [1.54, 1.807) is 6.92 Å². The second-order valence-corrected chi connectivity index (χ2v) is 10.6. The van der Waals surface area contributed by atoms with Crippen molar-refractivity contribution in [3.8, 4) is 17.6 Å². The first-order chi connectivity index (χ1) is 18.5. The van der Waals surface area contributed by atoms with Crippen molar-refractivity contribution in [2.45, 2.75) is 50.7 Å². The largest absolute Gasteiger partial charge is 0.489 e. The lowest BCUT2D eigenvalue weighted by molar-refractivity contribution is -0.137. The van der Waals surface area contributed by atoms with Crippen LogP contribution in [0.2, 0.25) is 0 Å². The fourth-order valence-corrected chi connectivity index (χ4v) is 6.01. The van der Waals surface area contributed by atoms with Gasteiger partial charge in [-0.15, -0.1) is 5.92 Å². The third-order valence-electron chi connectivity index (χ3n) is 8.05. The van der Waals surface area contributed by atoms with Crippen molar-refractivity contribution in [3.05, 3.63) is 95.1 Å². The molecule has 2 aliphatic heterocycles. The van der Waals surface area contributed by atoms with E-state index in [2.05, 4.69) is 77.2 Å². The summed E-state index contributed by atoms with van der Waals surface area (Å²) in [6.45, 7) is 6.59. The number of piperidine rings is 1. The number of hydrogen-bond acceptors (Lipinski definition) is 4. The van der Waals surface area contributed by atoms with Crippen LogP contribution in [0.3, 0.4) is 0 Å². The minimum absolute atomic E-state index is 0.00298. The summed E-state index contributed by atoms with van der Waals surface area (Å²) in [5.74, 6) is 5.42. The Labute approximate surface area is 226 Å². The summed E-state index contributed by atoms with van der Waals surface area (Å²) in [5.41, 5.74) is 6.60. The van der Waals surface area contributed by atoms with Crippen molar-refractivity contribution in [1.82, 2.24) is 4.90 Å². The lowest BCUT2D eigenvalue weighted by Crippen LogP contribution is -2.44. The molecule has 1 spiro atoms. The van der Waals surface area contributed by atoms with Gasteiger partial charge in [-0.1, -0.05) is 60.5 Å². The van der Waals surface area contributed by atoms with Crippen LogP contribution in [-0.4, -0.2) is 42.7 Å². The van der Waals surface area contributed by atoms with Crippen LogP contribution in [0.1, 0.15) is 54.4 Å². The predicted octanol–water partition coefficient (Wildman–Crippen LogP) is 5.83. The molecule has 3 aromatic carbocycles. The van der Waals surface area contributed by atoms with Crippen molar-refractivity contribution < 1.29 is 14.6 Å². The zero-order valence-electron chi connectivity index (χ0n) is 22.3. The number of nitrogens with zero attached hydrogens (tertiary/aromatic N) is 2. The SMILES string of the molecule is CC#C[C@@H](CC(=O)O)c1ccc(OCc2ccc(CN3CCC4(CC3)CN(C)c3ccccc34)cc2)cc1. The molecule has 1 saturated heterocycles. The van der Waals surface area contributed by atoms with Gasteiger partial charge in [0, 0.05) is 31.2 Å². The van der Waals surface area contributed by atoms with Gasteiger partial charge in [-0.05, 0) is 73.3 Å². The quantitative estimate of drug-likeness (QED) is 0.388. The number of carboxylic acid groups (broad SMARTS) is 1. The molecule has 5 heteroatoms. The van der Waals surface area contributed by atoms with E-state index < -0.39 is 5.97 Å². The fourth-order valence-electron chi connectivity index (χ4n) is 6.01. The van der Waals surface area contributed by atoms with Gasteiger partial charge in [-0.3, -0.25) is 9.69 Å². The molecule has 2 heterocycles. The number of carboxylic acids is 1. The highest BCUT2D eigenvalue weighted by Crippen LogP contribution is 2.46. The summed E-state index contributed by atoms with van der Waals surface area (Å²) in [6, 6.07) is 25.2. The first-order valence-electron chi connectivity index (χ1n) is 13.4. The van der Waals surface area contributed by atoms with Crippen molar-refractivity contribution in [2.75, 3.05) is 31.6 Å². The number of aliphatic carboxylic acids is 1. The maximum atomic E-state index is 11.1. The normalized spacial score (nSPS) is 16.9. The van der Waals surface area contributed by atoms with E-state index in [1.165, 1.54) is 29.7 Å². The third kappa shape index (κ3) is 5.71. The average molecular weight is 509 g/mol. The first kappa shape index (κ1) is 25.9. The molecule has 0 bridgehead atoms. The highest BCUT2D eigenvalue weighted by atomic mass is 16.5. The smallest absolute Gasteiger partial charge is 0.304 e. The van der Waals surface area contributed by atoms with Crippen LogP contribution in [-0.2, 0) is 23.4 Å². The maximum absolute atomic E-state index is 11.1. The predicted molar refractivity (Wildman–Crippen MR) is 152 cm³/mol. The van der Waals surface area contributed by atoms with Crippen molar-refractivity contribution >= 4 is 11.7 Å². The van der Waals surface area contributed by atoms with Gasteiger partial charge in [0.2, 0.25) is 0 Å². The van der Waals surface area contributed by atoms with E-state index in [-0.39, 0.29) is 12.3 Å². The van der Waals surface area contributed by atoms with Gasteiger partial charge in [-0.25, -0.2) is 0 Å². The molecule has 5 nitrogen and oxygen atoms in total. The van der Waals surface area contributed by atoms with Gasteiger partial charge in [0.25, 0.3) is 0 Å². The van der Waals surface area contributed by atoms with Gasteiger partial charge in [0.15, 0.2) is 0 Å². The maximum Gasteiger partial charge on any atom is 0.304 e. The van der Waals surface area contributed by atoms with Crippen molar-refractivity contribution in [2.24, 2.45) is 0 Å². The molecule has 3 aromatic rings. The summed E-state index contributed by atoms with van der Waals surface area (Å²) in [6.07, 6.45) is 2.42. The fraction of sp³-hybridized carbons (Fsp3) is 0.364. The van der Waals surface area contributed by atoms with E-state index in [1.807, 2.05) is 24.3 Å². The minimum atomic E-state index is -0.849. The second-order valence-electron chi connectivity index (χ2n) is 10.6. The van der Waals surface area contributed by atoms with Crippen LogP contribution in [0.5, 0.6) is 5.75 Å². The molecule has 0 aliphatic carbocycles. The highest BCUT2D eigenvalue weighted by molar-refractivity contribution is 5.69. The number of benzene rings is 3. The number of anilines is 1. The topological polar surface area (TPSA) is 53.0 Å². The van der Waals surface area contributed by atoms with E-state index in [4.69, 9.17) is 9.84 Å². The zero-order chi connectivity index (χ0) is 26.5. The summed E-state index contributed by atoms with van der Waals surface area (Å²) < 4.78 is 5.98. The molecule has 0 unspecified atom stereocenters.